The summed E-state index contributed by atoms with van der Waals surface area (Å²) in [6.07, 6.45) is 0. The van der Waals surface area contributed by atoms with Crippen LogP contribution in [-0.2, 0) is 4.74 Å². The number of nitrogens with one attached hydrogen (secondary N) is 1. The molecule has 4 nitrogen and oxygen atoms in total. The number of hydrogen-bond donors (Lipinski definition) is 2. The van der Waals surface area contributed by atoms with Crippen molar-refractivity contribution in [3.8, 4) is 0 Å². The molecule has 3 N–H and O–H groups in total. The lowest BCUT2D eigenvalue weighted by Crippen LogP contribution is -2.43. The van der Waals surface area contributed by atoms with Crippen LogP contribution in [0.2, 0.25) is 0 Å². The van der Waals surface area contributed by atoms with Gasteiger partial charge in [-0.05, 0) is 18.6 Å². The van der Waals surface area contributed by atoms with Crippen molar-refractivity contribution in [1.29, 1.82) is 0 Å². The summed E-state index contributed by atoms with van der Waals surface area (Å²) in [7, 11) is 1.47. The first-order chi connectivity index (χ1) is 8.49. The van der Waals surface area contributed by atoms with Gasteiger partial charge in [0.1, 0.15) is 11.6 Å². The lowest BCUT2D eigenvalue weighted by atomic mass is 10.1. The van der Waals surface area contributed by atoms with Crippen molar-refractivity contribution in [2.24, 2.45) is 5.73 Å². The third-order valence-corrected chi connectivity index (χ3v) is 2.48. The summed E-state index contributed by atoms with van der Waals surface area (Å²) < 4.78 is 31.4. The number of halogens is 2. The van der Waals surface area contributed by atoms with Crippen molar-refractivity contribution in [1.82, 2.24) is 5.32 Å². The Kier molecular flexibility index (Phi) is 5.18. The molecule has 0 fully saturated rings. The Labute approximate surface area is 104 Å². The Morgan fingerprint density at radius 2 is 2.11 bits per heavy atom. The maximum Gasteiger partial charge on any atom is 0.254 e. The van der Waals surface area contributed by atoms with Crippen molar-refractivity contribution in [3.63, 3.8) is 0 Å². The van der Waals surface area contributed by atoms with E-state index in [0.29, 0.717) is 6.07 Å². The third kappa shape index (κ3) is 3.48. The van der Waals surface area contributed by atoms with Gasteiger partial charge in [0.2, 0.25) is 0 Å². The molecular formula is C12H16F2N2O2. The zero-order valence-electron chi connectivity index (χ0n) is 10.3. The summed E-state index contributed by atoms with van der Waals surface area (Å²) in [5.41, 5.74) is 5.43. The molecule has 0 bridgehead atoms. The number of benzene rings is 1. The molecule has 0 aliphatic carbocycles. The van der Waals surface area contributed by atoms with Gasteiger partial charge in [-0.15, -0.1) is 0 Å². The first kappa shape index (κ1) is 14.5. The molecule has 0 saturated carbocycles. The van der Waals surface area contributed by atoms with E-state index >= 15 is 0 Å². The molecule has 1 rings (SSSR count). The van der Waals surface area contributed by atoms with Crippen LogP contribution in [0.4, 0.5) is 8.78 Å². The molecule has 0 spiro atoms. The van der Waals surface area contributed by atoms with Crippen molar-refractivity contribution >= 4 is 5.91 Å². The molecule has 1 atom stereocenters. The molecule has 0 saturated heterocycles. The van der Waals surface area contributed by atoms with Gasteiger partial charge >= 0.3 is 0 Å². The SMILES string of the molecule is COCC(CN)NC(=O)c1cc(C)c(F)cc1F. The Bertz CT molecular complexity index is 438. The monoisotopic (exact) mass is 258 g/mol. The highest BCUT2D eigenvalue weighted by molar-refractivity contribution is 5.94. The highest BCUT2D eigenvalue weighted by Crippen LogP contribution is 2.14. The molecule has 0 aliphatic heterocycles. The van der Waals surface area contributed by atoms with E-state index in [4.69, 9.17) is 10.5 Å². The van der Waals surface area contributed by atoms with Crippen LogP contribution in [-0.4, -0.2) is 32.2 Å². The van der Waals surface area contributed by atoms with E-state index in [1.165, 1.54) is 20.1 Å². The highest BCUT2D eigenvalue weighted by Gasteiger charge is 2.17. The lowest BCUT2D eigenvalue weighted by molar-refractivity contribution is 0.0896. The molecular weight excluding hydrogens is 242 g/mol. The van der Waals surface area contributed by atoms with Gasteiger partial charge in [0.25, 0.3) is 5.91 Å². The molecule has 100 valence electrons. The van der Waals surface area contributed by atoms with Crippen molar-refractivity contribution in [3.05, 3.63) is 34.9 Å². The maximum atomic E-state index is 13.5. The molecule has 1 unspecified atom stereocenters. The van der Waals surface area contributed by atoms with Crippen molar-refractivity contribution in [2.75, 3.05) is 20.3 Å². The fraction of sp³-hybridized carbons (Fsp3) is 0.417. The Morgan fingerprint density at radius 1 is 1.44 bits per heavy atom. The summed E-state index contributed by atoms with van der Waals surface area (Å²) in [5.74, 6) is -2.22. The largest absolute Gasteiger partial charge is 0.383 e. The number of rotatable bonds is 5. The predicted molar refractivity (Wildman–Crippen MR) is 63.3 cm³/mol. The molecule has 0 aliphatic rings. The fourth-order valence-corrected chi connectivity index (χ4v) is 1.46. The maximum absolute atomic E-state index is 13.5. The molecule has 0 radical (unpaired) electrons. The highest BCUT2D eigenvalue weighted by atomic mass is 19.1. The van der Waals surface area contributed by atoms with Crippen LogP contribution in [0.3, 0.4) is 0 Å². The van der Waals surface area contributed by atoms with Crippen molar-refractivity contribution in [2.45, 2.75) is 13.0 Å². The van der Waals surface area contributed by atoms with Gasteiger partial charge in [0.05, 0.1) is 18.2 Å². The first-order valence-corrected chi connectivity index (χ1v) is 5.45. The van der Waals surface area contributed by atoms with E-state index in [9.17, 15) is 13.6 Å². The number of aryl methyl sites for hydroxylation is 1. The second kappa shape index (κ2) is 6.42. The molecule has 0 heterocycles. The first-order valence-electron chi connectivity index (χ1n) is 5.45. The minimum atomic E-state index is -0.899. The van der Waals surface area contributed by atoms with Crippen LogP contribution >= 0.6 is 0 Å². The number of ether oxygens (including phenoxy) is 1. The Morgan fingerprint density at radius 3 is 2.67 bits per heavy atom. The summed E-state index contributed by atoms with van der Waals surface area (Å²) in [6.45, 7) is 1.85. The van der Waals surface area contributed by atoms with Crippen LogP contribution in [0.5, 0.6) is 0 Å². The van der Waals surface area contributed by atoms with E-state index in [-0.39, 0.29) is 24.3 Å². The Balaban J connectivity index is 2.87. The standard InChI is InChI=1S/C12H16F2N2O2/c1-7-3-9(11(14)4-10(7)13)12(17)16-8(5-15)6-18-2/h3-4,8H,5-6,15H2,1-2H3,(H,16,17). The molecule has 6 heteroatoms. The number of hydrogen-bond acceptors (Lipinski definition) is 3. The van der Waals surface area contributed by atoms with Crippen LogP contribution in [0.1, 0.15) is 15.9 Å². The minimum absolute atomic E-state index is 0.168. The zero-order chi connectivity index (χ0) is 13.7. The number of nitrogens with two attached hydrogens (primary N) is 1. The molecule has 18 heavy (non-hydrogen) atoms. The van der Waals surface area contributed by atoms with E-state index in [0.717, 1.165) is 0 Å². The number of carbonyl (C=O) groups excluding carboxylic acids is 1. The molecule has 0 aromatic heterocycles. The molecule has 1 amide bonds. The predicted octanol–water partition coefficient (Wildman–Crippen LogP) is 0.977. The van der Waals surface area contributed by atoms with Gasteiger partial charge in [-0.1, -0.05) is 0 Å². The minimum Gasteiger partial charge on any atom is -0.383 e. The summed E-state index contributed by atoms with van der Waals surface area (Å²) in [4.78, 5) is 11.8. The number of carbonyl (C=O) groups is 1. The van der Waals surface area contributed by atoms with E-state index < -0.39 is 23.6 Å². The summed E-state index contributed by atoms with van der Waals surface area (Å²) in [6, 6.07) is 1.45. The van der Waals surface area contributed by atoms with E-state index in [1.54, 1.807) is 0 Å². The summed E-state index contributed by atoms with van der Waals surface area (Å²) >= 11 is 0. The van der Waals surface area contributed by atoms with Gasteiger partial charge in [0, 0.05) is 19.7 Å². The van der Waals surface area contributed by atoms with E-state index in [1.807, 2.05) is 0 Å². The van der Waals surface area contributed by atoms with Gasteiger partial charge in [-0.25, -0.2) is 8.78 Å². The lowest BCUT2D eigenvalue weighted by Gasteiger charge is -2.16. The van der Waals surface area contributed by atoms with Gasteiger partial charge in [-0.2, -0.15) is 0 Å². The quantitative estimate of drug-likeness (QED) is 0.827. The normalized spacial score (nSPS) is 12.3. The Hall–Kier alpha value is -1.53. The van der Waals surface area contributed by atoms with Crippen LogP contribution < -0.4 is 11.1 Å². The third-order valence-electron chi connectivity index (χ3n) is 2.48. The zero-order valence-corrected chi connectivity index (χ0v) is 10.3. The average molecular weight is 258 g/mol. The number of amides is 1. The fourth-order valence-electron chi connectivity index (χ4n) is 1.46. The van der Waals surface area contributed by atoms with Gasteiger partial charge in [-0.3, -0.25) is 4.79 Å². The van der Waals surface area contributed by atoms with Gasteiger partial charge in [0.15, 0.2) is 0 Å². The van der Waals surface area contributed by atoms with Crippen molar-refractivity contribution < 1.29 is 18.3 Å². The smallest absolute Gasteiger partial charge is 0.254 e. The molecule has 1 aromatic carbocycles. The van der Waals surface area contributed by atoms with E-state index in [2.05, 4.69) is 5.32 Å². The van der Waals surface area contributed by atoms with Gasteiger partial charge < -0.3 is 15.8 Å². The number of methoxy groups -OCH3 is 1. The van der Waals surface area contributed by atoms with Crippen LogP contribution in [0.15, 0.2) is 12.1 Å². The second-order valence-corrected chi connectivity index (χ2v) is 3.94. The second-order valence-electron chi connectivity index (χ2n) is 3.94. The molecule has 1 aromatic rings. The topological polar surface area (TPSA) is 64.3 Å². The summed E-state index contributed by atoms with van der Waals surface area (Å²) in [5, 5.41) is 2.52. The average Bonchev–Trinajstić information content (AvgIpc) is 2.33. The van der Waals surface area contributed by atoms with Crippen LogP contribution in [0, 0.1) is 18.6 Å². The van der Waals surface area contributed by atoms with Crippen LogP contribution in [0.25, 0.3) is 0 Å².